The quantitative estimate of drug-likeness (QED) is 0.370. The Morgan fingerprint density at radius 1 is 1.03 bits per heavy atom. The van der Waals surface area contributed by atoms with Crippen LogP contribution in [0.25, 0.3) is 21.5 Å². The molecule has 4 aromatic rings. The second-order valence-corrected chi connectivity index (χ2v) is 10.0. The number of hydrogen-bond acceptors (Lipinski definition) is 8. The summed E-state index contributed by atoms with van der Waals surface area (Å²) in [4.78, 5) is 14.0. The van der Waals surface area contributed by atoms with Crippen molar-refractivity contribution >= 4 is 33.9 Å². The van der Waals surface area contributed by atoms with Gasteiger partial charge in [0.25, 0.3) is 0 Å². The molecule has 2 saturated heterocycles. The van der Waals surface area contributed by atoms with E-state index in [0.717, 1.165) is 84.9 Å². The van der Waals surface area contributed by atoms with E-state index in [-0.39, 0.29) is 6.10 Å². The fraction of sp³-hybridized carbons (Fsp3) is 0.370. The molecule has 7 nitrogen and oxygen atoms in total. The molecule has 4 heterocycles. The van der Waals surface area contributed by atoms with Gasteiger partial charge in [-0.2, -0.15) is 0 Å². The van der Waals surface area contributed by atoms with Crippen molar-refractivity contribution in [3.8, 4) is 16.3 Å². The average Bonchev–Trinajstić information content (AvgIpc) is 3.45. The zero-order valence-electron chi connectivity index (χ0n) is 19.6. The molecule has 0 atom stereocenters. The van der Waals surface area contributed by atoms with Gasteiger partial charge in [-0.1, -0.05) is 12.1 Å². The lowest BCUT2D eigenvalue weighted by Crippen LogP contribution is -2.34. The molecule has 2 N–H and O–H groups in total. The molecule has 0 bridgehead atoms. The van der Waals surface area contributed by atoms with Gasteiger partial charge in [-0.15, -0.1) is 11.3 Å². The van der Waals surface area contributed by atoms with Crippen LogP contribution in [0, 0.1) is 0 Å². The van der Waals surface area contributed by atoms with Crippen molar-refractivity contribution in [2.24, 2.45) is 0 Å². The number of aromatic nitrogens is 3. The summed E-state index contributed by atoms with van der Waals surface area (Å²) in [7, 11) is 0. The topological polar surface area (TPSA) is 81.2 Å². The fourth-order valence-corrected chi connectivity index (χ4v) is 5.52. The molecule has 0 radical (unpaired) electrons. The summed E-state index contributed by atoms with van der Waals surface area (Å²) >= 11 is 1.61. The van der Waals surface area contributed by atoms with Crippen molar-refractivity contribution in [3.05, 3.63) is 59.7 Å². The number of anilines is 2. The molecule has 8 heteroatoms. The van der Waals surface area contributed by atoms with Gasteiger partial charge in [0.2, 0.25) is 5.95 Å². The van der Waals surface area contributed by atoms with E-state index in [0.29, 0.717) is 11.9 Å². The summed E-state index contributed by atoms with van der Waals surface area (Å²) < 4.78 is 12.0. The van der Waals surface area contributed by atoms with E-state index in [1.165, 1.54) is 5.56 Å². The van der Waals surface area contributed by atoms with Gasteiger partial charge in [-0.05, 0) is 68.5 Å². The third-order valence-corrected chi connectivity index (χ3v) is 7.57. The summed E-state index contributed by atoms with van der Waals surface area (Å²) in [6.07, 6.45) is 8.02. The summed E-state index contributed by atoms with van der Waals surface area (Å²) in [5.41, 5.74) is 4.19. The van der Waals surface area contributed by atoms with Gasteiger partial charge in [0.1, 0.15) is 16.9 Å². The summed E-state index contributed by atoms with van der Waals surface area (Å²) in [6, 6.07) is 12.7. The number of hydrogen-bond donors (Lipinski definition) is 2. The van der Waals surface area contributed by atoms with E-state index >= 15 is 0 Å². The summed E-state index contributed by atoms with van der Waals surface area (Å²) in [5.74, 6) is 1.96. The first kappa shape index (κ1) is 22.4. The van der Waals surface area contributed by atoms with Crippen molar-refractivity contribution in [1.82, 2.24) is 20.3 Å². The molecule has 35 heavy (non-hydrogen) atoms. The molecule has 0 saturated carbocycles. The Kier molecular flexibility index (Phi) is 6.57. The smallest absolute Gasteiger partial charge is 0.227 e. The lowest BCUT2D eigenvalue weighted by atomic mass is 9.91. The predicted octanol–water partition coefficient (Wildman–Crippen LogP) is 5.52. The first-order valence-electron chi connectivity index (χ1n) is 12.3. The summed E-state index contributed by atoms with van der Waals surface area (Å²) in [5, 5.41) is 10.7. The van der Waals surface area contributed by atoms with Crippen LogP contribution in [0.5, 0.6) is 5.75 Å². The number of thiazole rings is 1. The highest BCUT2D eigenvalue weighted by atomic mass is 32.1. The number of fused-ring (bicyclic) bond motifs is 1. The second-order valence-electron chi connectivity index (χ2n) is 9.14. The third kappa shape index (κ3) is 5.15. The molecular formula is C27H29N5O2S. The van der Waals surface area contributed by atoms with Crippen LogP contribution < -0.4 is 15.4 Å². The van der Waals surface area contributed by atoms with Gasteiger partial charge in [-0.3, -0.25) is 0 Å². The largest absolute Gasteiger partial charge is 0.490 e. The highest BCUT2D eigenvalue weighted by molar-refractivity contribution is 7.13. The Hall–Kier alpha value is -3.07. The van der Waals surface area contributed by atoms with Crippen molar-refractivity contribution < 1.29 is 9.47 Å². The number of rotatable bonds is 6. The van der Waals surface area contributed by atoms with Gasteiger partial charge >= 0.3 is 0 Å². The highest BCUT2D eigenvalue weighted by Crippen LogP contribution is 2.36. The van der Waals surface area contributed by atoms with Crippen LogP contribution in [-0.4, -0.2) is 47.4 Å². The van der Waals surface area contributed by atoms with E-state index in [4.69, 9.17) is 14.5 Å². The minimum atomic E-state index is 0.194. The molecule has 0 aliphatic carbocycles. The van der Waals surface area contributed by atoms with Crippen LogP contribution in [0.2, 0.25) is 0 Å². The molecule has 2 aromatic heterocycles. The average molecular weight is 488 g/mol. The molecule has 2 fully saturated rings. The summed E-state index contributed by atoms with van der Waals surface area (Å²) in [6.45, 7) is 3.63. The van der Waals surface area contributed by atoms with E-state index in [1.54, 1.807) is 11.3 Å². The maximum Gasteiger partial charge on any atom is 0.227 e. The highest BCUT2D eigenvalue weighted by Gasteiger charge is 2.20. The van der Waals surface area contributed by atoms with Crippen LogP contribution in [0.3, 0.4) is 0 Å². The number of nitrogens with one attached hydrogen (secondary N) is 2. The number of benzene rings is 2. The number of piperidine rings is 1. The van der Waals surface area contributed by atoms with Crippen molar-refractivity contribution in [2.75, 3.05) is 31.6 Å². The second kappa shape index (κ2) is 10.3. The number of ether oxygens (including phenoxy) is 2. The van der Waals surface area contributed by atoms with E-state index in [9.17, 15) is 0 Å². The van der Waals surface area contributed by atoms with E-state index < -0.39 is 0 Å². The molecular weight excluding hydrogens is 458 g/mol. The zero-order chi connectivity index (χ0) is 23.5. The van der Waals surface area contributed by atoms with Crippen molar-refractivity contribution in [3.63, 3.8) is 0 Å². The Labute approximate surface area is 208 Å². The monoisotopic (exact) mass is 487 g/mol. The molecule has 0 spiro atoms. The zero-order valence-corrected chi connectivity index (χ0v) is 20.4. The minimum absolute atomic E-state index is 0.194. The van der Waals surface area contributed by atoms with Crippen LogP contribution in [-0.2, 0) is 4.74 Å². The normalized spacial score (nSPS) is 17.5. The van der Waals surface area contributed by atoms with Gasteiger partial charge in [0, 0.05) is 48.1 Å². The Balaban J connectivity index is 1.29. The first-order valence-corrected chi connectivity index (χ1v) is 13.2. The first-order chi connectivity index (χ1) is 17.3. The standard InChI is InChI=1S/C27H29N5O2S/c1-2-19(18-6-11-33-12-7-18)14-21(3-1)31-27-30-17-20-15-23(26-29-10-13-35-26)25(16-24(20)32-27)34-22-4-8-28-9-5-22/h1-3,10,13-18,22,28H,4-9,11-12H2,(H,30,31,32). The van der Waals surface area contributed by atoms with Crippen LogP contribution in [0.4, 0.5) is 11.6 Å². The SMILES string of the molecule is c1cc(Nc2ncc3cc(-c4nccs4)c(OC4CCNCC4)cc3n2)cc(C2CCOCC2)c1. The Bertz CT molecular complexity index is 1280. The predicted molar refractivity (Wildman–Crippen MR) is 140 cm³/mol. The Morgan fingerprint density at radius 3 is 2.74 bits per heavy atom. The van der Waals surface area contributed by atoms with Gasteiger partial charge in [-0.25, -0.2) is 15.0 Å². The third-order valence-electron chi connectivity index (χ3n) is 6.76. The molecule has 0 amide bonds. The molecule has 0 unspecified atom stereocenters. The van der Waals surface area contributed by atoms with Crippen LogP contribution >= 0.6 is 11.3 Å². The fourth-order valence-electron chi connectivity index (χ4n) is 4.86. The van der Waals surface area contributed by atoms with Gasteiger partial charge in [0.15, 0.2) is 0 Å². The lowest BCUT2D eigenvalue weighted by molar-refractivity contribution is 0.0853. The van der Waals surface area contributed by atoms with Crippen LogP contribution in [0.1, 0.15) is 37.2 Å². The molecule has 2 aliphatic rings. The maximum absolute atomic E-state index is 6.50. The van der Waals surface area contributed by atoms with Crippen molar-refractivity contribution in [1.29, 1.82) is 0 Å². The Morgan fingerprint density at radius 2 is 1.91 bits per heavy atom. The van der Waals surface area contributed by atoms with Crippen LogP contribution in [0.15, 0.2) is 54.2 Å². The van der Waals surface area contributed by atoms with Crippen molar-refractivity contribution in [2.45, 2.75) is 37.7 Å². The van der Waals surface area contributed by atoms with E-state index in [1.807, 2.05) is 23.8 Å². The lowest BCUT2D eigenvalue weighted by Gasteiger charge is -2.25. The molecule has 6 rings (SSSR count). The number of nitrogens with zero attached hydrogens (tertiary/aromatic N) is 3. The minimum Gasteiger partial charge on any atom is -0.490 e. The molecule has 2 aromatic carbocycles. The molecule has 180 valence electrons. The van der Waals surface area contributed by atoms with Gasteiger partial charge in [0.05, 0.1) is 11.1 Å². The maximum atomic E-state index is 6.50. The molecule has 2 aliphatic heterocycles. The van der Waals surface area contributed by atoms with Gasteiger partial charge < -0.3 is 20.1 Å². The van der Waals surface area contributed by atoms with E-state index in [2.05, 4.69) is 50.9 Å².